The average molecular weight is 872 g/mol. The molecule has 3 rings (SSSR count). The van der Waals surface area contributed by atoms with Gasteiger partial charge in [0.05, 0.1) is 23.0 Å². The van der Waals surface area contributed by atoms with E-state index in [0.717, 1.165) is 30.3 Å². The van der Waals surface area contributed by atoms with E-state index in [4.69, 9.17) is 14.2 Å². The Balaban J connectivity index is 1.91. The minimum Gasteiger partial charge on any atom is -0.444 e. The fraction of sp³-hybridized carbons (Fsp3) is 0.465. The van der Waals surface area contributed by atoms with Crippen molar-refractivity contribution in [3.8, 4) is 0 Å². The van der Waals surface area contributed by atoms with Crippen LogP contribution in [0.1, 0.15) is 86.3 Å². The van der Waals surface area contributed by atoms with Crippen LogP contribution in [0.3, 0.4) is 0 Å². The van der Waals surface area contributed by atoms with Gasteiger partial charge in [0.15, 0.2) is 0 Å². The van der Waals surface area contributed by atoms with E-state index in [0.29, 0.717) is 10.9 Å². The standard InChI is InChI=1S/C43H56F3N7O9/c1-40(2,3)60-37(57)47-20-22-53(23-21-48-38(58)61-41(4,5)6)34(54)19-18-32(52-39(59)62-42(7,8)9)35(55)51-33(24-27-14-16-29(17-15-27)43(44,45)46)36(56)50-30-25-28-12-10-11-13-31(28)49-26-30/h10-17,24-26,32H,18-23H2,1-9H3,(H,47,57)(H,48,58)(H,50,56)(H,51,55)(H,52,59)/b33-24+/t32-/m0/s1. The predicted molar refractivity (Wildman–Crippen MR) is 225 cm³/mol. The molecule has 5 N–H and O–H groups in total. The molecule has 0 saturated heterocycles. The summed E-state index contributed by atoms with van der Waals surface area (Å²) in [4.78, 5) is 84.9. The fourth-order valence-corrected chi connectivity index (χ4v) is 5.37. The summed E-state index contributed by atoms with van der Waals surface area (Å²) in [6.45, 7) is 14.7. The van der Waals surface area contributed by atoms with Crippen molar-refractivity contribution in [1.29, 1.82) is 0 Å². The first-order chi connectivity index (χ1) is 28.7. The van der Waals surface area contributed by atoms with Crippen LogP contribution in [0.25, 0.3) is 17.0 Å². The first-order valence-electron chi connectivity index (χ1n) is 19.7. The molecule has 0 bridgehead atoms. The Kier molecular flexibility index (Phi) is 17.3. The number of fused-ring (bicyclic) bond motifs is 1. The molecule has 62 heavy (non-hydrogen) atoms. The fourth-order valence-electron chi connectivity index (χ4n) is 5.37. The number of alkyl halides is 3. The van der Waals surface area contributed by atoms with Gasteiger partial charge >= 0.3 is 24.5 Å². The molecule has 0 saturated carbocycles. The molecule has 0 aliphatic heterocycles. The highest BCUT2D eigenvalue weighted by Gasteiger charge is 2.31. The third-order valence-electron chi connectivity index (χ3n) is 8.01. The van der Waals surface area contributed by atoms with Crippen LogP contribution < -0.4 is 26.6 Å². The molecular weight excluding hydrogens is 816 g/mol. The lowest BCUT2D eigenvalue weighted by atomic mass is 10.1. The number of hydrogen-bond donors (Lipinski definition) is 5. The van der Waals surface area contributed by atoms with Gasteiger partial charge in [-0.2, -0.15) is 13.2 Å². The van der Waals surface area contributed by atoms with Crippen molar-refractivity contribution in [3.63, 3.8) is 0 Å². The van der Waals surface area contributed by atoms with Crippen LogP contribution >= 0.6 is 0 Å². The SMILES string of the molecule is CC(C)(C)OC(=O)NCCN(CCNC(=O)OC(C)(C)C)C(=O)CC[C@H](NC(=O)OC(C)(C)C)C(=O)N/C(=C/c1ccc(C(F)(F)F)cc1)C(=O)Nc1cnc2ccccc2c1. The Morgan fingerprint density at radius 1 is 0.742 bits per heavy atom. The number of pyridine rings is 1. The molecule has 0 fully saturated rings. The second-order valence-electron chi connectivity index (χ2n) is 17.0. The van der Waals surface area contributed by atoms with Crippen molar-refractivity contribution in [1.82, 2.24) is 31.2 Å². The molecule has 1 atom stereocenters. The summed E-state index contributed by atoms with van der Waals surface area (Å²) in [7, 11) is 0. The summed E-state index contributed by atoms with van der Waals surface area (Å²) in [5, 5.41) is 13.4. The zero-order valence-electron chi connectivity index (χ0n) is 36.4. The smallest absolute Gasteiger partial charge is 0.416 e. The third-order valence-corrected chi connectivity index (χ3v) is 8.01. The second-order valence-corrected chi connectivity index (χ2v) is 17.0. The van der Waals surface area contributed by atoms with E-state index in [1.54, 1.807) is 92.6 Å². The van der Waals surface area contributed by atoms with Crippen LogP contribution in [0.4, 0.5) is 33.2 Å². The summed E-state index contributed by atoms with van der Waals surface area (Å²) in [6, 6.07) is 11.1. The molecule has 1 aromatic heterocycles. The van der Waals surface area contributed by atoms with E-state index in [1.165, 1.54) is 11.1 Å². The molecule has 0 aliphatic rings. The van der Waals surface area contributed by atoms with Gasteiger partial charge in [-0.25, -0.2) is 14.4 Å². The first-order valence-corrected chi connectivity index (χ1v) is 19.7. The molecule has 2 aromatic carbocycles. The molecule has 0 radical (unpaired) electrons. The van der Waals surface area contributed by atoms with Crippen molar-refractivity contribution < 1.29 is 56.1 Å². The number of benzene rings is 2. The summed E-state index contributed by atoms with van der Waals surface area (Å²) in [5.41, 5.74) is -2.94. The molecule has 1 heterocycles. The van der Waals surface area contributed by atoms with Gasteiger partial charge in [-0.15, -0.1) is 0 Å². The lowest BCUT2D eigenvalue weighted by Crippen LogP contribution is -2.49. The molecule has 6 amide bonds. The van der Waals surface area contributed by atoms with Crippen molar-refractivity contribution in [2.45, 2.75) is 104 Å². The van der Waals surface area contributed by atoms with Crippen molar-refractivity contribution in [2.24, 2.45) is 0 Å². The Morgan fingerprint density at radius 2 is 1.27 bits per heavy atom. The number of anilines is 1. The highest BCUT2D eigenvalue weighted by atomic mass is 19.4. The van der Waals surface area contributed by atoms with Crippen LogP contribution in [-0.4, -0.2) is 94.9 Å². The molecule has 0 spiro atoms. The minimum atomic E-state index is -4.63. The van der Waals surface area contributed by atoms with Gasteiger partial charge < -0.3 is 45.7 Å². The number of carbonyl (C=O) groups excluding carboxylic acids is 6. The van der Waals surface area contributed by atoms with E-state index < -0.39 is 76.3 Å². The van der Waals surface area contributed by atoms with Crippen molar-refractivity contribution in [3.05, 3.63) is 77.6 Å². The number of ether oxygens (including phenoxy) is 3. The zero-order valence-corrected chi connectivity index (χ0v) is 36.4. The van der Waals surface area contributed by atoms with E-state index in [9.17, 15) is 41.9 Å². The zero-order chi connectivity index (χ0) is 46.5. The minimum absolute atomic E-state index is 0.0474. The number of halogens is 3. The van der Waals surface area contributed by atoms with Crippen molar-refractivity contribution >= 4 is 58.7 Å². The number of amides is 6. The number of nitrogens with one attached hydrogen (secondary N) is 5. The molecule has 3 aromatic rings. The number of para-hydroxylation sites is 1. The van der Waals surface area contributed by atoms with Gasteiger partial charge in [0.1, 0.15) is 28.5 Å². The quantitative estimate of drug-likeness (QED) is 0.0789. The highest BCUT2D eigenvalue weighted by Crippen LogP contribution is 2.29. The van der Waals surface area contributed by atoms with Gasteiger partial charge in [-0.05, 0) is 105 Å². The monoisotopic (exact) mass is 871 g/mol. The van der Waals surface area contributed by atoms with Crippen LogP contribution in [0.15, 0.2) is 66.5 Å². The van der Waals surface area contributed by atoms with E-state index in [-0.39, 0.29) is 50.3 Å². The van der Waals surface area contributed by atoms with E-state index in [1.807, 2.05) is 0 Å². The normalized spacial score (nSPS) is 12.7. The maximum absolute atomic E-state index is 14.1. The third kappa shape index (κ3) is 18.5. The van der Waals surface area contributed by atoms with Gasteiger partial charge in [0.25, 0.3) is 5.91 Å². The Morgan fingerprint density at radius 3 is 1.81 bits per heavy atom. The number of alkyl carbamates (subject to hydrolysis) is 3. The molecule has 16 nitrogen and oxygen atoms in total. The topological polar surface area (TPSA) is 206 Å². The number of hydrogen-bond acceptors (Lipinski definition) is 10. The summed E-state index contributed by atoms with van der Waals surface area (Å²) >= 11 is 0. The number of rotatable bonds is 15. The number of nitrogens with zero attached hydrogens (tertiary/aromatic N) is 2. The van der Waals surface area contributed by atoms with Crippen LogP contribution in [-0.2, 0) is 34.8 Å². The van der Waals surface area contributed by atoms with Crippen LogP contribution in [0, 0.1) is 0 Å². The lowest BCUT2D eigenvalue weighted by Gasteiger charge is -2.26. The molecule has 338 valence electrons. The van der Waals surface area contributed by atoms with E-state index in [2.05, 4.69) is 31.6 Å². The maximum atomic E-state index is 14.1. The molecule has 0 unspecified atom stereocenters. The van der Waals surface area contributed by atoms with Gasteiger partial charge in [-0.1, -0.05) is 30.3 Å². The van der Waals surface area contributed by atoms with Gasteiger partial charge in [0, 0.05) is 38.0 Å². The molecule has 19 heteroatoms. The Hall–Kier alpha value is -6.40. The molecule has 0 aliphatic carbocycles. The second kappa shape index (κ2) is 21.4. The summed E-state index contributed by atoms with van der Waals surface area (Å²) in [6.07, 6.45) is -5.29. The Bertz CT molecular complexity index is 2060. The van der Waals surface area contributed by atoms with Gasteiger partial charge in [-0.3, -0.25) is 19.4 Å². The Labute approximate surface area is 358 Å². The van der Waals surface area contributed by atoms with Crippen LogP contribution in [0.5, 0.6) is 0 Å². The summed E-state index contributed by atoms with van der Waals surface area (Å²) < 4.78 is 55.9. The summed E-state index contributed by atoms with van der Waals surface area (Å²) in [5.74, 6) is -2.41. The molecular formula is C43H56F3N7O9. The van der Waals surface area contributed by atoms with E-state index >= 15 is 0 Å². The lowest BCUT2D eigenvalue weighted by molar-refractivity contribution is -0.137. The maximum Gasteiger partial charge on any atom is 0.416 e. The van der Waals surface area contributed by atoms with Crippen LogP contribution in [0.2, 0.25) is 0 Å². The highest BCUT2D eigenvalue weighted by molar-refractivity contribution is 6.09. The largest absolute Gasteiger partial charge is 0.444 e. The number of carbonyl (C=O) groups is 6. The first kappa shape index (κ1) is 50.0. The predicted octanol–water partition coefficient (Wildman–Crippen LogP) is 6.90. The van der Waals surface area contributed by atoms with Crippen molar-refractivity contribution in [2.75, 3.05) is 31.5 Å². The average Bonchev–Trinajstić information content (AvgIpc) is 3.13. The number of aromatic nitrogens is 1. The van der Waals surface area contributed by atoms with Gasteiger partial charge in [0.2, 0.25) is 11.8 Å².